The molecule has 76 valence electrons. The molecule has 0 fully saturated rings. The van der Waals surface area contributed by atoms with E-state index in [-0.39, 0.29) is 11.5 Å². The summed E-state index contributed by atoms with van der Waals surface area (Å²) in [6.07, 6.45) is 0. The standard InChI is InChI=1S/C10H11BrFNO/c1-3-13(2)10(14)8-6-7(11)4-5-9(8)12/h4-6H,3H2,1-2H3. The molecule has 2 nitrogen and oxygen atoms in total. The molecular weight excluding hydrogens is 249 g/mol. The number of halogens is 2. The van der Waals surface area contributed by atoms with Crippen molar-refractivity contribution >= 4 is 21.8 Å². The molecule has 0 saturated carbocycles. The highest BCUT2D eigenvalue weighted by Crippen LogP contribution is 2.16. The van der Waals surface area contributed by atoms with Crippen LogP contribution in [0.2, 0.25) is 0 Å². The molecule has 4 heteroatoms. The molecule has 0 heterocycles. The van der Waals surface area contributed by atoms with Gasteiger partial charge in [-0.25, -0.2) is 4.39 Å². The second-order valence-electron chi connectivity index (χ2n) is 2.94. The van der Waals surface area contributed by atoms with Gasteiger partial charge >= 0.3 is 0 Å². The van der Waals surface area contributed by atoms with E-state index in [1.54, 1.807) is 13.1 Å². The topological polar surface area (TPSA) is 20.3 Å². The van der Waals surface area contributed by atoms with Crippen LogP contribution >= 0.6 is 15.9 Å². The van der Waals surface area contributed by atoms with Crippen LogP contribution in [0.5, 0.6) is 0 Å². The summed E-state index contributed by atoms with van der Waals surface area (Å²) in [5.74, 6) is -0.787. The fraction of sp³-hybridized carbons (Fsp3) is 0.300. The Balaban J connectivity index is 3.06. The smallest absolute Gasteiger partial charge is 0.256 e. The normalized spacial score (nSPS) is 10.0. The Bertz CT molecular complexity index is 354. The summed E-state index contributed by atoms with van der Waals surface area (Å²) in [5.41, 5.74) is 0.101. The Hall–Kier alpha value is -0.900. The highest BCUT2D eigenvalue weighted by Gasteiger charge is 2.14. The summed E-state index contributed by atoms with van der Waals surface area (Å²) in [5, 5.41) is 0. The van der Waals surface area contributed by atoms with Crippen LogP contribution in [-0.2, 0) is 0 Å². The number of hydrogen-bond acceptors (Lipinski definition) is 1. The average Bonchev–Trinajstić information content (AvgIpc) is 2.19. The Morgan fingerprint density at radius 1 is 1.57 bits per heavy atom. The molecule has 0 aromatic heterocycles. The van der Waals surface area contributed by atoms with Crippen LogP contribution in [0, 0.1) is 5.82 Å². The van der Waals surface area contributed by atoms with Gasteiger partial charge in [0.2, 0.25) is 0 Å². The third-order valence-corrected chi connectivity index (χ3v) is 2.47. The predicted octanol–water partition coefficient (Wildman–Crippen LogP) is 2.68. The molecule has 0 radical (unpaired) electrons. The van der Waals surface area contributed by atoms with Crippen molar-refractivity contribution in [3.8, 4) is 0 Å². The molecule has 0 atom stereocenters. The van der Waals surface area contributed by atoms with Gasteiger partial charge in [-0.05, 0) is 25.1 Å². The van der Waals surface area contributed by atoms with Gasteiger partial charge in [-0.15, -0.1) is 0 Å². The maximum Gasteiger partial charge on any atom is 0.256 e. The number of nitrogens with zero attached hydrogens (tertiary/aromatic N) is 1. The molecule has 1 aromatic rings. The van der Waals surface area contributed by atoms with E-state index in [1.807, 2.05) is 6.92 Å². The van der Waals surface area contributed by atoms with Gasteiger partial charge in [0.05, 0.1) is 5.56 Å². The number of hydrogen-bond donors (Lipinski definition) is 0. The molecule has 14 heavy (non-hydrogen) atoms. The molecule has 0 unspecified atom stereocenters. The monoisotopic (exact) mass is 259 g/mol. The molecule has 1 amide bonds. The van der Waals surface area contributed by atoms with Crippen molar-refractivity contribution in [2.75, 3.05) is 13.6 Å². The van der Waals surface area contributed by atoms with E-state index in [0.29, 0.717) is 11.0 Å². The van der Waals surface area contributed by atoms with Gasteiger partial charge in [-0.1, -0.05) is 15.9 Å². The van der Waals surface area contributed by atoms with E-state index in [2.05, 4.69) is 15.9 Å². The molecule has 0 aliphatic rings. The fourth-order valence-electron chi connectivity index (χ4n) is 1.01. The Morgan fingerprint density at radius 3 is 2.79 bits per heavy atom. The van der Waals surface area contributed by atoms with Crippen molar-refractivity contribution < 1.29 is 9.18 Å². The summed E-state index contributed by atoms with van der Waals surface area (Å²) in [6.45, 7) is 2.40. The quantitative estimate of drug-likeness (QED) is 0.800. The van der Waals surface area contributed by atoms with Gasteiger partial charge in [-0.3, -0.25) is 4.79 Å². The lowest BCUT2D eigenvalue weighted by molar-refractivity contribution is 0.0798. The Kier molecular flexibility index (Phi) is 3.63. The third kappa shape index (κ3) is 2.32. The largest absolute Gasteiger partial charge is 0.342 e. The molecule has 0 saturated heterocycles. The first-order chi connectivity index (χ1) is 6.56. The number of rotatable bonds is 2. The lowest BCUT2D eigenvalue weighted by atomic mass is 10.2. The minimum Gasteiger partial charge on any atom is -0.342 e. The predicted molar refractivity (Wildman–Crippen MR) is 56.7 cm³/mol. The van der Waals surface area contributed by atoms with Crippen molar-refractivity contribution in [2.24, 2.45) is 0 Å². The first kappa shape index (κ1) is 11.2. The number of amides is 1. The van der Waals surface area contributed by atoms with Crippen LogP contribution in [0.4, 0.5) is 4.39 Å². The van der Waals surface area contributed by atoms with Crippen LogP contribution in [0.15, 0.2) is 22.7 Å². The molecule has 0 bridgehead atoms. The zero-order valence-electron chi connectivity index (χ0n) is 8.05. The zero-order chi connectivity index (χ0) is 10.7. The molecule has 0 aliphatic carbocycles. The minimum atomic E-state index is -0.488. The lowest BCUT2D eigenvalue weighted by Crippen LogP contribution is -2.27. The molecular formula is C10H11BrFNO. The van der Waals surface area contributed by atoms with Gasteiger partial charge in [0, 0.05) is 18.1 Å². The average molecular weight is 260 g/mol. The number of benzene rings is 1. The van der Waals surface area contributed by atoms with Crippen molar-refractivity contribution in [1.29, 1.82) is 0 Å². The second kappa shape index (κ2) is 4.55. The van der Waals surface area contributed by atoms with E-state index in [9.17, 15) is 9.18 Å². The van der Waals surface area contributed by atoms with Crippen molar-refractivity contribution in [3.63, 3.8) is 0 Å². The molecule has 0 aliphatic heterocycles. The maximum absolute atomic E-state index is 13.2. The summed E-state index contributed by atoms with van der Waals surface area (Å²) >= 11 is 3.20. The van der Waals surface area contributed by atoms with Crippen LogP contribution in [0.1, 0.15) is 17.3 Å². The van der Waals surface area contributed by atoms with Gasteiger partial charge < -0.3 is 4.90 Å². The van der Waals surface area contributed by atoms with Crippen LogP contribution in [0.25, 0.3) is 0 Å². The highest BCUT2D eigenvalue weighted by molar-refractivity contribution is 9.10. The molecule has 0 N–H and O–H groups in total. The maximum atomic E-state index is 13.2. The van der Waals surface area contributed by atoms with Gasteiger partial charge in [0.1, 0.15) is 5.82 Å². The summed E-state index contributed by atoms with van der Waals surface area (Å²) in [7, 11) is 1.64. The van der Waals surface area contributed by atoms with Crippen LogP contribution < -0.4 is 0 Å². The molecule has 0 spiro atoms. The summed E-state index contributed by atoms with van der Waals surface area (Å²) in [6, 6.07) is 4.34. The van der Waals surface area contributed by atoms with E-state index >= 15 is 0 Å². The summed E-state index contributed by atoms with van der Waals surface area (Å²) < 4.78 is 13.9. The van der Waals surface area contributed by atoms with Crippen molar-refractivity contribution in [3.05, 3.63) is 34.1 Å². The minimum absolute atomic E-state index is 0.101. The first-order valence-electron chi connectivity index (χ1n) is 4.26. The van der Waals surface area contributed by atoms with E-state index in [1.165, 1.54) is 17.0 Å². The van der Waals surface area contributed by atoms with Gasteiger partial charge in [0.15, 0.2) is 0 Å². The zero-order valence-corrected chi connectivity index (χ0v) is 9.64. The van der Waals surface area contributed by atoms with E-state index in [0.717, 1.165) is 0 Å². The number of carbonyl (C=O) groups is 1. The van der Waals surface area contributed by atoms with E-state index < -0.39 is 5.82 Å². The Labute approximate surface area is 90.8 Å². The van der Waals surface area contributed by atoms with Gasteiger partial charge in [-0.2, -0.15) is 0 Å². The third-order valence-electron chi connectivity index (χ3n) is 1.98. The van der Waals surface area contributed by atoms with Crippen LogP contribution in [0.3, 0.4) is 0 Å². The molecule has 1 aromatic carbocycles. The van der Waals surface area contributed by atoms with E-state index in [4.69, 9.17) is 0 Å². The SMILES string of the molecule is CCN(C)C(=O)c1cc(Br)ccc1F. The Morgan fingerprint density at radius 2 is 2.21 bits per heavy atom. The van der Waals surface area contributed by atoms with Crippen LogP contribution in [-0.4, -0.2) is 24.4 Å². The molecule has 1 rings (SSSR count). The number of carbonyl (C=O) groups excluding carboxylic acids is 1. The van der Waals surface area contributed by atoms with Gasteiger partial charge in [0.25, 0.3) is 5.91 Å². The fourth-order valence-corrected chi connectivity index (χ4v) is 1.37. The lowest BCUT2D eigenvalue weighted by Gasteiger charge is -2.14. The summed E-state index contributed by atoms with van der Waals surface area (Å²) in [4.78, 5) is 13.1. The first-order valence-corrected chi connectivity index (χ1v) is 5.06. The van der Waals surface area contributed by atoms with Crippen molar-refractivity contribution in [2.45, 2.75) is 6.92 Å². The highest BCUT2D eigenvalue weighted by atomic mass is 79.9. The second-order valence-corrected chi connectivity index (χ2v) is 3.86. The van der Waals surface area contributed by atoms with Crippen molar-refractivity contribution in [1.82, 2.24) is 4.90 Å².